The fourth-order valence-corrected chi connectivity index (χ4v) is 11.1. The number of nitrogens with one attached hydrogen (secondary N) is 1. The molecule has 0 aromatic heterocycles. The number of ether oxygens (including phenoxy) is 3. The van der Waals surface area contributed by atoms with Crippen LogP contribution in [0.5, 0.6) is 0 Å². The highest BCUT2D eigenvalue weighted by Gasteiger charge is 2.68. The molecule has 0 unspecified atom stereocenters. The van der Waals surface area contributed by atoms with Gasteiger partial charge in [0.05, 0.1) is 18.3 Å². The summed E-state index contributed by atoms with van der Waals surface area (Å²) in [5, 5.41) is 9.03. The highest BCUT2D eigenvalue weighted by molar-refractivity contribution is 5.97. The van der Waals surface area contributed by atoms with Gasteiger partial charge in [0.1, 0.15) is 6.10 Å². The number of hydrogen-bond donors (Lipinski definition) is 2. The van der Waals surface area contributed by atoms with E-state index in [-0.39, 0.29) is 22.9 Å². The van der Waals surface area contributed by atoms with Gasteiger partial charge in [-0.25, -0.2) is 10.3 Å². The molecule has 7 nitrogen and oxygen atoms in total. The van der Waals surface area contributed by atoms with Crippen molar-refractivity contribution in [2.24, 2.45) is 46.3 Å². The van der Waals surface area contributed by atoms with Crippen molar-refractivity contribution < 1.29 is 29.0 Å². The number of aryl methyl sites for hydroxylation is 1. The Bertz CT molecular complexity index is 1330. The van der Waals surface area contributed by atoms with E-state index in [1.807, 2.05) is 6.92 Å². The van der Waals surface area contributed by atoms with Crippen LogP contribution < -0.4 is 5.48 Å². The monoisotopic (exact) mass is 591 g/mol. The Morgan fingerprint density at radius 3 is 2.56 bits per heavy atom. The van der Waals surface area contributed by atoms with Gasteiger partial charge in [-0.3, -0.25) is 10.0 Å². The van der Waals surface area contributed by atoms with Crippen LogP contribution in [-0.4, -0.2) is 41.7 Å². The molecule has 0 radical (unpaired) electrons. The summed E-state index contributed by atoms with van der Waals surface area (Å²) in [6, 6.07) is 4.86. The minimum absolute atomic E-state index is 0.150. The van der Waals surface area contributed by atoms with Crippen molar-refractivity contribution in [1.29, 1.82) is 0 Å². The number of carbonyl (C=O) groups excluding carboxylic acids is 2. The lowest BCUT2D eigenvalue weighted by Gasteiger charge is -2.58. The lowest BCUT2D eigenvalue weighted by atomic mass is 9.47. The second-order valence-electron chi connectivity index (χ2n) is 15.6. The number of amides is 1. The summed E-state index contributed by atoms with van der Waals surface area (Å²) in [5.74, 6) is 2.25. The summed E-state index contributed by atoms with van der Waals surface area (Å²) in [6.07, 6.45) is 12.4. The van der Waals surface area contributed by atoms with Crippen LogP contribution in [0.1, 0.15) is 112 Å². The van der Waals surface area contributed by atoms with Crippen molar-refractivity contribution in [3.63, 3.8) is 0 Å². The Balaban J connectivity index is 1.05. The zero-order valence-corrected chi connectivity index (χ0v) is 26.5. The molecule has 43 heavy (non-hydrogen) atoms. The number of allylic oxidation sites excluding steroid dienone is 1. The molecule has 0 bridgehead atoms. The van der Waals surface area contributed by atoms with E-state index in [0.29, 0.717) is 52.6 Å². The number of carbonyl (C=O) groups is 2. The third kappa shape index (κ3) is 4.54. The van der Waals surface area contributed by atoms with Crippen LogP contribution in [0.25, 0.3) is 0 Å². The quantitative estimate of drug-likeness (QED) is 0.170. The van der Waals surface area contributed by atoms with Crippen molar-refractivity contribution in [2.45, 2.75) is 110 Å². The predicted octanol–water partition coefficient (Wildman–Crippen LogP) is 7.01. The first kappa shape index (κ1) is 29.5. The van der Waals surface area contributed by atoms with Crippen LogP contribution in [0, 0.1) is 53.3 Å². The zero-order valence-electron chi connectivity index (χ0n) is 26.5. The average molecular weight is 592 g/mol. The molecule has 2 N–H and O–H groups in total. The summed E-state index contributed by atoms with van der Waals surface area (Å²) < 4.78 is 19.5. The van der Waals surface area contributed by atoms with E-state index in [9.17, 15) is 9.59 Å². The highest BCUT2D eigenvalue weighted by Crippen LogP contribution is 2.70. The van der Waals surface area contributed by atoms with Crippen molar-refractivity contribution in [3.05, 3.63) is 46.5 Å². The lowest BCUT2D eigenvalue weighted by molar-refractivity contribution is -0.272. The number of hydrogen-bond acceptors (Lipinski definition) is 6. The molecule has 7 rings (SSSR count). The maximum Gasteiger partial charge on any atom is 0.338 e. The second kappa shape index (κ2) is 10.4. The van der Waals surface area contributed by atoms with Gasteiger partial charge in [-0.15, -0.1) is 0 Å². The van der Waals surface area contributed by atoms with E-state index in [1.165, 1.54) is 37.3 Å². The normalized spacial score (nSPS) is 44.9. The maximum atomic E-state index is 13.1. The fourth-order valence-electron chi connectivity index (χ4n) is 11.1. The summed E-state index contributed by atoms with van der Waals surface area (Å²) in [5.41, 5.74) is 4.91. The molecule has 6 aliphatic rings. The number of esters is 1. The van der Waals surface area contributed by atoms with Gasteiger partial charge in [0.2, 0.25) is 0 Å². The van der Waals surface area contributed by atoms with Crippen LogP contribution in [0.2, 0.25) is 0 Å². The van der Waals surface area contributed by atoms with E-state index in [2.05, 4.69) is 33.8 Å². The van der Waals surface area contributed by atoms with E-state index in [1.54, 1.807) is 17.6 Å². The Kier molecular flexibility index (Phi) is 7.14. The molecule has 234 valence electrons. The number of rotatable bonds is 3. The summed E-state index contributed by atoms with van der Waals surface area (Å²) in [4.78, 5) is 25.1. The van der Waals surface area contributed by atoms with Crippen LogP contribution in [0.15, 0.2) is 29.8 Å². The molecule has 2 heterocycles. The highest BCUT2D eigenvalue weighted by atomic mass is 16.7. The summed E-state index contributed by atoms with van der Waals surface area (Å²) in [7, 11) is 0. The van der Waals surface area contributed by atoms with Gasteiger partial charge < -0.3 is 14.2 Å². The molecule has 3 saturated carbocycles. The van der Waals surface area contributed by atoms with Crippen molar-refractivity contribution in [3.8, 4) is 0 Å². The molecule has 4 aliphatic carbocycles. The van der Waals surface area contributed by atoms with E-state index in [0.717, 1.165) is 44.3 Å². The number of benzene rings is 1. The van der Waals surface area contributed by atoms with Crippen LogP contribution in [0.3, 0.4) is 0 Å². The van der Waals surface area contributed by atoms with Gasteiger partial charge in [-0.05, 0) is 116 Å². The molecular weight excluding hydrogens is 542 g/mol. The molecule has 1 aromatic rings. The first-order valence-corrected chi connectivity index (χ1v) is 16.8. The largest absolute Gasteiger partial charge is 0.458 e. The molecule has 11 atom stereocenters. The van der Waals surface area contributed by atoms with Gasteiger partial charge in [-0.1, -0.05) is 39.3 Å². The summed E-state index contributed by atoms with van der Waals surface area (Å²) >= 11 is 0. The van der Waals surface area contributed by atoms with Crippen LogP contribution >= 0.6 is 0 Å². The van der Waals surface area contributed by atoms with Gasteiger partial charge in [0.25, 0.3) is 5.91 Å². The smallest absolute Gasteiger partial charge is 0.338 e. The van der Waals surface area contributed by atoms with E-state index in [4.69, 9.17) is 19.4 Å². The Hall–Kier alpha value is -2.22. The lowest BCUT2D eigenvalue weighted by Crippen LogP contribution is -2.52. The molecular formula is C36H49NO6. The fraction of sp³-hybridized carbons (Fsp3) is 0.722. The second-order valence-corrected chi connectivity index (χ2v) is 15.6. The van der Waals surface area contributed by atoms with Crippen molar-refractivity contribution in [2.75, 3.05) is 6.61 Å². The molecule has 1 amide bonds. The maximum absolute atomic E-state index is 13.1. The Morgan fingerprint density at radius 2 is 1.81 bits per heavy atom. The third-order valence-electron chi connectivity index (χ3n) is 13.3. The molecule has 1 aromatic carbocycles. The van der Waals surface area contributed by atoms with Gasteiger partial charge >= 0.3 is 5.97 Å². The van der Waals surface area contributed by atoms with E-state index >= 15 is 0 Å². The molecule has 2 aliphatic heterocycles. The van der Waals surface area contributed by atoms with E-state index < -0.39 is 11.9 Å². The third-order valence-corrected chi connectivity index (χ3v) is 13.3. The first-order chi connectivity index (χ1) is 20.5. The zero-order chi connectivity index (χ0) is 30.3. The Labute approximate surface area is 256 Å². The standard InChI is InChI=1S/C36H49NO6/c1-20-8-13-36(41-19-20)22(3)31-30(43-36)18-29-27-7-6-25-17-26(9-11-34(25,4)28(27)10-12-35(29,31)5)42-33(39)24-15-21(2)14-23(16-24)32(38)37-40/h6,14-16,20,22,26-31,40H,7-13,17-19H2,1-5H3,(H,37,38)/t20-,22+,26+,27-,28+,29+,30+,31+,34+,35+,36-/m1/s1. The molecule has 1 spiro atoms. The predicted molar refractivity (Wildman–Crippen MR) is 161 cm³/mol. The molecule has 5 fully saturated rings. The average Bonchev–Trinajstić information content (AvgIpc) is 3.43. The SMILES string of the molecule is Cc1cc(C(=O)NO)cc(C(=O)O[C@H]2CC[C@@]3(C)C(=CC[C@H]4[C@@H]5C[C@@H]6O[C@]7(CC[C@@H](C)CO7)[C@@H](C)[C@@H]6[C@@]5(C)CC[C@@H]43)C2)c1. The van der Waals surface area contributed by atoms with Gasteiger partial charge in [0.15, 0.2) is 5.79 Å². The van der Waals surface area contributed by atoms with Gasteiger partial charge in [0, 0.05) is 24.3 Å². The van der Waals surface area contributed by atoms with Crippen molar-refractivity contribution >= 4 is 11.9 Å². The van der Waals surface area contributed by atoms with Crippen LogP contribution in [0.4, 0.5) is 0 Å². The number of hydroxylamine groups is 1. The van der Waals surface area contributed by atoms with Gasteiger partial charge in [-0.2, -0.15) is 0 Å². The Morgan fingerprint density at radius 1 is 1.02 bits per heavy atom. The number of fused-ring (bicyclic) bond motifs is 7. The first-order valence-electron chi connectivity index (χ1n) is 16.8. The topological polar surface area (TPSA) is 94.1 Å². The minimum Gasteiger partial charge on any atom is -0.458 e. The minimum atomic E-state index is -0.639. The van der Waals surface area contributed by atoms with Crippen LogP contribution in [-0.2, 0) is 14.2 Å². The summed E-state index contributed by atoms with van der Waals surface area (Å²) in [6.45, 7) is 12.4. The van der Waals surface area contributed by atoms with Crippen molar-refractivity contribution in [1.82, 2.24) is 5.48 Å². The molecule has 2 saturated heterocycles. The molecule has 7 heteroatoms.